The maximum absolute atomic E-state index is 6.02. The minimum Gasteiger partial charge on any atom is -0.277 e. The Labute approximate surface area is 112 Å². The molecule has 1 N–H and O–H groups in total. The van der Waals surface area contributed by atoms with Crippen molar-refractivity contribution in [1.29, 1.82) is 0 Å². The predicted molar refractivity (Wildman–Crippen MR) is 78.4 cm³/mol. The lowest BCUT2D eigenvalue weighted by Gasteiger charge is -2.06. The highest BCUT2D eigenvalue weighted by Gasteiger charge is 2.00. The van der Waals surface area contributed by atoms with Crippen molar-refractivity contribution < 1.29 is 0 Å². The van der Waals surface area contributed by atoms with Crippen molar-refractivity contribution in [3.63, 3.8) is 0 Å². The summed E-state index contributed by atoms with van der Waals surface area (Å²) in [5.41, 5.74) is 5.00. The van der Waals surface area contributed by atoms with E-state index in [2.05, 4.69) is 29.6 Å². The third kappa shape index (κ3) is 3.34. The molecule has 2 aromatic rings. The van der Waals surface area contributed by atoms with Crippen LogP contribution in [0.15, 0.2) is 59.7 Å². The monoisotopic (exact) mass is 258 g/mol. The van der Waals surface area contributed by atoms with Gasteiger partial charge in [0.15, 0.2) is 0 Å². The van der Waals surface area contributed by atoms with Crippen LogP contribution in [-0.2, 0) is 0 Å². The van der Waals surface area contributed by atoms with Crippen LogP contribution in [-0.4, -0.2) is 6.21 Å². The van der Waals surface area contributed by atoms with E-state index in [9.17, 15) is 0 Å². The van der Waals surface area contributed by atoms with E-state index in [1.807, 2.05) is 48.7 Å². The number of halogens is 1. The molecule has 2 aromatic carbocycles. The number of nitrogens with zero attached hydrogens (tertiary/aromatic N) is 1. The van der Waals surface area contributed by atoms with Gasteiger partial charge < -0.3 is 0 Å². The molecule has 0 aromatic heterocycles. The molecule has 0 fully saturated rings. The molecule has 0 heterocycles. The van der Waals surface area contributed by atoms with Crippen molar-refractivity contribution in [1.82, 2.24) is 0 Å². The van der Waals surface area contributed by atoms with Crippen LogP contribution >= 0.6 is 11.6 Å². The largest absolute Gasteiger partial charge is 0.277 e. The molecule has 0 radical (unpaired) electrons. The third-order valence-corrected chi connectivity index (χ3v) is 3.01. The van der Waals surface area contributed by atoms with Crippen molar-refractivity contribution in [3.05, 3.63) is 65.2 Å². The highest BCUT2D eigenvalue weighted by molar-refractivity contribution is 6.33. The zero-order valence-electron chi connectivity index (χ0n) is 10.2. The van der Waals surface area contributed by atoms with Gasteiger partial charge in [0.05, 0.1) is 10.7 Å². The molecule has 0 unspecified atom stereocenters. The van der Waals surface area contributed by atoms with Crippen molar-refractivity contribution in [3.8, 4) is 0 Å². The number of anilines is 1. The number of hydrazone groups is 1. The summed E-state index contributed by atoms with van der Waals surface area (Å²) in [6.45, 7) is 2.10. The van der Waals surface area contributed by atoms with Crippen molar-refractivity contribution in [2.45, 2.75) is 12.8 Å². The fourth-order valence-electron chi connectivity index (χ4n) is 1.61. The third-order valence-electron chi connectivity index (χ3n) is 2.68. The molecule has 0 saturated heterocycles. The van der Waals surface area contributed by atoms with Gasteiger partial charge in [-0.3, -0.25) is 5.43 Å². The number of hydrogen-bond donors (Lipinski definition) is 1. The molecule has 2 rings (SSSR count). The van der Waals surface area contributed by atoms with E-state index in [0.717, 1.165) is 5.69 Å². The second kappa shape index (κ2) is 6.22. The molecule has 0 saturated carbocycles. The van der Waals surface area contributed by atoms with Crippen LogP contribution in [0.25, 0.3) is 0 Å². The Morgan fingerprint density at radius 3 is 2.44 bits per heavy atom. The Bertz CT molecular complexity index is 523. The van der Waals surface area contributed by atoms with Crippen molar-refractivity contribution in [2.75, 3.05) is 5.43 Å². The van der Waals surface area contributed by atoms with Crippen LogP contribution in [0, 0.1) is 0 Å². The Kier molecular flexibility index (Phi) is 4.37. The first-order chi connectivity index (χ1) is 8.77. The van der Waals surface area contributed by atoms with Crippen LogP contribution in [0.4, 0.5) is 5.69 Å². The van der Waals surface area contributed by atoms with Crippen molar-refractivity contribution >= 4 is 23.5 Å². The van der Waals surface area contributed by atoms with E-state index >= 15 is 0 Å². The summed E-state index contributed by atoms with van der Waals surface area (Å²) < 4.78 is 0. The van der Waals surface area contributed by atoms with E-state index in [0.29, 0.717) is 5.02 Å². The smallest absolute Gasteiger partial charge is 0.0747 e. The van der Waals surface area contributed by atoms with Crippen LogP contribution in [0.2, 0.25) is 5.02 Å². The van der Waals surface area contributed by atoms with Crippen molar-refractivity contribution in [2.24, 2.45) is 5.10 Å². The fourth-order valence-corrected chi connectivity index (χ4v) is 1.79. The molecular weight excluding hydrogens is 244 g/mol. The van der Waals surface area contributed by atoms with Gasteiger partial charge in [-0.15, -0.1) is 0 Å². The van der Waals surface area contributed by atoms with Gasteiger partial charge in [0, 0.05) is 12.1 Å². The van der Waals surface area contributed by atoms with Crippen LogP contribution < -0.4 is 5.43 Å². The molecule has 18 heavy (non-hydrogen) atoms. The fraction of sp³-hybridized carbons (Fsp3) is 0.133. The molecule has 1 atom stereocenters. The van der Waals surface area contributed by atoms with Gasteiger partial charge in [-0.25, -0.2) is 0 Å². The lowest BCUT2D eigenvalue weighted by Crippen LogP contribution is -1.97. The maximum atomic E-state index is 6.02. The second-order valence-electron chi connectivity index (χ2n) is 4.07. The zero-order chi connectivity index (χ0) is 12.8. The van der Waals surface area contributed by atoms with E-state index < -0.39 is 0 Å². The summed E-state index contributed by atoms with van der Waals surface area (Å²) in [5.74, 6) is 0.265. The molecule has 92 valence electrons. The van der Waals surface area contributed by atoms with E-state index in [1.54, 1.807) is 0 Å². The average molecular weight is 259 g/mol. The SMILES string of the molecule is C[C@H](/C=N\Nc1ccccc1Cl)c1ccccc1. The van der Waals surface area contributed by atoms with E-state index in [-0.39, 0.29) is 5.92 Å². The quantitative estimate of drug-likeness (QED) is 0.632. The van der Waals surface area contributed by atoms with Gasteiger partial charge in [-0.1, -0.05) is 61.0 Å². The molecule has 0 aliphatic rings. The van der Waals surface area contributed by atoms with Crippen LogP contribution in [0.1, 0.15) is 18.4 Å². The summed E-state index contributed by atoms with van der Waals surface area (Å²) in [7, 11) is 0. The predicted octanol–water partition coefficient (Wildman–Crippen LogP) is 4.54. The standard InChI is InChI=1S/C15H15ClN2/c1-12(13-7-3-2-4-8-13)11-17-18-15-10-6-5-9-14(15)16/h2-12,18H,1H3/b17-11-/t12-/m1/s1. The van der Waals surface area contributed by atoms with Gasteiger partial charge in [0.25, 0.3) is 0 Å². The lowest BCUT2D eigenvalue weighted by molar-refractivity contribution is 1.04. The molecule has 0 amide bonds. The minimum absolute atomic E-state index is 0.265. The number of nitrogens with one attached hydrogen (secondary N) is 1. The first-order valence-electron chi connectivity index (χ1n) is 5.86. The Balaban J connectivity index is 1.98. The summed E-state index contributed by atoms with van der Waals surface area (Å²) in [6, 6.07) is 17.8. The Morgan fingerprint density at radius 1 is 1.06 bits per heavy atom. The van der Waals surface area contributed by atoms with E-state index in [1.165, 1.54) is 5.56 Å². The summed E-state index contributed by atoms with van der Waals surface area (Å²) in [4.78, 5) is 0. The van der Waals surface area contributed by atoms with Gasteiger partial charge in [0.2, 0.25) is 0 Å². The molecule has 0 spiro atoms. The Hall–Kier alpha value is -1.80. The molecule has 0 aliphatic carbocycles. The normalized spacial score (nSPS) is 12.6. The number of benzene rings is 2. The Morgan fingerprint density at radius 2 is 1.72 bits per heavy atom. The summed E-state index contributed by atoms with van der Waals surface area (Å²) >= 11 is 6.02. The molecule has 3 heteroatoms. The summed E-state index contributed by atoms with van der Waals surface area (Å²) in [6.07, 6.45) is 1.87. The summed E-state index contributed by atoms with van der Waals surface area (Å²) in [5, 5.41) is 4.89. The lowest BCUT2D eigenvalue weighted by atomic mass is 10.0. The molecule has 2 nitrogen and oxygen atoms in total. The highest BCUT2D eigenvalue weighted by Crippen LogP contribution is 2.20. The van der Waals surface area contributed by atoms with Gasteiger partial charge >= 0.3 is 0 Å². The van der Waals surface area contributed by atoms with Gasteiger partial charge in [-0.05, 0) is 17.7 Å². The van der Waals surface area contributed by atoms with Crippen LogP contribution in [0.5, 0.6) is 0 Å². The minimum atomic E-state index is 0.265. The zero-order valence-corrected chi connectivity index (χ0v) is 10.9. The van der Waals surface area contributed by atoms with Crippen LogP contribution in [0.3, 0.4) is 0 Å². The topological polar surface area (TPSA) is 24.4 Å². The number of hydrogen-bond acceptors (Lipinski definition) is 2. The van der Waals surface area contributed by atoms with Gasteiger partial charge in [0.1, 0.15) is 0 Å². The number of rotatable bonds is 4. The average Bonchev–Trinajstić information content (AvgIpc) is 2.42. The molecule has 0 bridgehead atoms. The first-order valence-corrected chi connectivity index (χ1v) is 6.24. The highest BCUT2D eigenvalue weighted by atomic mass is 35.5. The van der Waals surface area contributed by atoms with Gasteiger partial charge in [-0.2, -0.15) is 5.10 Å². The van der Waals surface area contributed by atoms with E-state index in [4.69, 9.17) is 11.6 Å². The maximum Gasteiger partial charge on any atom is 0.0747 e. The second-order valence-corrected chi connectivity index (χ2v) is 4.48. The molecule has 0 aliphatic heterocycles. The number of para-hydroxylation sites is 1. The first kappa shape index (κ1) is 12.7. The molecular formula is C15H15ClN2.